The van der Waals surface area contributed by atoms with Gasteiger partial charge in [-0.1, -0.05) is 25.1 Å². The van der Waals surface area contributed by atoms with Crippen LogP contribution >= 0.6 is 0 Å². The van der Waals surface area contributed by atoms with E-state index in [2.05, 4.69) is 10.0 Å². The third kappa shape index (κ3) is 5.75. The Morgan fingerprint density at radius 2 is 1.97 bits per heavy atom. The Morgan fingerprint density at radius 3 is 2.72 bits per heavy atom. The molecule has 2 amide bonds. The molecule has 0 aliphatic carbocycles. The van der Waals surface area contributed by atoms with E-state index in [1.807, 2.05) is 43.1 Å². The Morgan fingerprint density at radius 1 is 1.19 bits per heavy atom. The second-order valence-electron chi connectivity index (χ2n) is 9.20. The molecule has 11 heteroatoms. The number of hydrogen-bond acceptors (Lipinski definition) is 7. The first-order valence-electron chi connectivity index (χ1n) is 12.1. The molecule has 2 aromatic rings. The largest absolute Gasteiger partial charge is 0.497 e. The molecular formula is C25H34N4O6S. The number of nitrogens with one attached hydrogen (secondary N) is 2. The zero-order valence-corrected chi connectivity index (χ0v) is 21.6. The van der Waals surface area contributed by atoms with Gasteiger partial charge < -0.3 is 24.8 Å². The normalized spacial score (nSPS) is 24.1. The molecule has 2 aromatic carbocycles. The Hall–Kier alpha value is -2.86. The van der Waals surface area contributed by atoms with Crippen molar-refractivity contribution in [2.75, 3.05) is 46.9 Å². The summed E-state index contributed by atoms with van der Waals surface area (Å²) in [5, 5.41) is 13.4. The van der Waals surface area contributed by atoms with E-state index in [0.717, 1.165) is 17.5 Å². The minimum atomic E-state index is -3.96. The van der Waals surface area contributed by atoms with Gasteiger partial charge in [0.2, 0.25) is 10.0 Å². The van der Waals surface area contributed by atoms with Crippen LogP contribution in [0, 0.1) is 0 Å². The first kappa shape index (κ1) is 26.2. The maximum atomic E-state index is 13.2. The van der Waals surface area contributed by atoms with Gasteiger partial charge >= 0.3 is 6.03 Å². The molecule has 2 heterocycles. The number of rotatable bonds is 4. The fourth-order valence-corrected chi connectivity index (χ4v) is 5.78. The predicted molar refractivity (Wildman–Crippen MR) is 136 cm³/mol. The number of fused-ring (bicyclic) bond motifs is 2. The van der Waals surface area contributed by atoms with Crippen LogP contribution in [0.25, 0.3) is 11.1 Å². The lowest BCUT2D eigenvalue weighted by molar-refractivity contribution is 0.0713. The summed E-state index contributed by atoms with van der Waals surface area (Å²) in [6, 6.07) is 12.0. The number of β-amino-alcohol motifs (C(OH)–C–C–N with tert-alkyl or cyclic N) is 1. The lowest BCUT2D eigenvalue weighted by Crippen LogP contribution is -2.48. The zero-order chi connectivity index (χ0) is 25.9. The van der Waals surface area contributed by atoms with Gasteiger partial charge in [0.25, 0.3) is 0 Å². The van der Waals surface area contributed by atoms with Crippen LogP contribution in [0.1, 0.15) is 13.3 Å². The van der Waals surface area contributed by atoms with Gasteiger partial charge in [0.15, 0.2) is 0 Å². The number of carbonyl (C=O) groups excluding carboxylic acids is 1. The molecule has 0 radical (unpaired) electrons. The molecule has 3 atom stereocenters. The van der Waals surface area contributed by atoms with Gasteiger partial charge in [-0.25, -0.2) is 17.9 Å². The number of likely N-dealkylation sites (N-methyl/N-ethyl adjacent to an activating group) is 1. The maximum Gasteiger partial charge on any atom is 0.317 e. The van der Waals surface area contributed by atoms with Crippen molar-refractivity contribution in [1.29, 1.82) is 0 Å². The van der Waals surface area contributed by atoms with Gasteiger partial charge in [-0.2, -0.15) is 0 Å². The number of carbonyl (C=O) groups is 1. The highest BCUT2D eigenvalue weighted by molar-refractivity contribution is 7.89. The summed E-state index contributed by atoms with van der Waals surface area (Å²) in [6.45, 7) is 3.32. The number of benzene rings is 2. The first-order valence-corrected chi connectivity index (χ1v) is 13.6. The summed E-state index contributed by atoms with van der Waals surface area (Å²) < 4.78 is 40.6. The monoisotopic (exact) mass is 518 g/mol. The molecule has 2 aliphatic rings. The molecule has 0 unspecified atom stereocenters. The van der Waals surface area contributed by atoms with E-state index in [1.54, 1.807) is 24.1 Å². The highest BCUT2D eigenvalue weighted by atomic mass is 32.2. The van der Waals surface area contributed by atoms with E-state index in [4.69, 9.17) is 9.47 Å². The van der Waals surface area contributed by atoms with E-state index in [1.165, 1.54) is 6.07 Å². The molecule has 196 valence electrons. The third-order valence-corrected chi connectivity index (χ3v) is 8.00. The van der Waals surface area contributed by atoms with Crippen LogP contribution in [0.4, 0.5) is 4.79 Å². The number of hydrogen-bond donors (Lipinski definition) is 3. The van der Waals surface area contributed by atoms with Gasteiger partial charge in [-0.05, 0) is 48.9 Å². The maximum absolute atomic E-state index is 13.2. The van der Waals surface area contributed by atoms with Gasteiger partial charge in [0.1, 0.15) is 22.5 Å². The fourth-order valence-electron chi connectivity index (χ4n) is 4.59. The van der Waals surface area contributed by atoms with Crippen molar-refractivity contribution in [3.05, 3.63) is 42.5 Å². The number of aliphatic hydroxyl groups excluding tert-OH is 1. The Kier molecular flexibility index (Phi) is 8.04. The number of urea groups is 1. The van der Waals surface area contributed by atoms with Crippen molar-refractivity contribution in [3.8, 4) is 22.6 Å². The third-order valence-electron chi connectivity index (χ3n) is 6.54. The average Bonchev–Trinajstić information content (AvgIpc) is 3.29. The average molecular weight is 519 g/mol. The minimum absolute atomic E-state index is 0.0152. The van der Waals surface area contributed by atoms with E-state index in [-0.39, 0.29) is 42.4 Å². The number of sulfonamides is 1. The number of likely N-dealkylation sites (tertiary alicyclic amines) is 1. The fraction of sp³-hybridized carbons (Fsp3) is 0.480. The lowest BCUT2D eigenvalue weighted by atomic mass is 10.1. The van der Waals surface area contributed by atoms with E-state index < -0.39 is 22.2 Å². The molecule has 0 aromatic heterocycles. The molecule has 3 N–H and O–H groups in total. The van der Waals surface area contributed by atoms with Crippen molar-refractivity contribution in [3.63, 3.8) is 0 Å². The number of ether oxygens (including phenoxy) is 2. The molecular weight excluding hydrogens is 484 g/mol. The topological polar surface area (TPSA) is 120 Å². The highest BCUT2D eigenvalue weighted by Crippen LogP contribution is 2.34. The Balaban J connectivity index is 1.74. The zero-order valence-electron chi connectivity index (χ0n) is 20.8. The second kappa shape index (κ2) is 11.0. The number of nitrogens with zero attached hydrogens (tertiary/aromatic N) is 2. The lowest BCUT2D eigenvalue weighted by Gasteiger charge is -2.30. The number of amides is 2. The molecule has 0 bridgehead atoms. The summed E-state index contributed by atoms with van der Waals surface area (Å²) in [5.41, 5.74) is 1.61. The van der Waals surface area contributed by atoms with Crippen LogP contribution in [0.15, 0.2) is 47.4 Å². The highest BCUT2D eigenvalue weighted by Gasteiger charge is 2.41. The van der Waals surface area contributed by atoms with Crippen LogP contribution in [-0.2, 0) is 10.0 Å². The van der Waals surface area contributed by atoms with Crippen molar-refractivity contribution < 1.29 is 27.8 Å². The molecule has 4 rings (SSSR count). The molecule has 1 saturated heterocycles. The minimum Gasteiger partial charge on any atom is -0.497 e. The van der Waals surface area contributed by atoms with E-state index >= 15 is 0 Å². The van der Waals surface area contributed by atoms with E-state index in [9.17, 15) is 18.3 Å². The molecule has 36 heavy (non-hydrogen) atoms. The van der Waals surface area contributed by atoms with Crippen molar-refractivity contribution in [2.45, 2.75) is 36.5 Å². The molecule has 2 aliphatic heterocycles. The predicted octanol–water partition coefficient (Wildman–Crippen LogP) is 1.50. The van der Waals surface area contributed by atoms with Crippen molar-refractivity contribution in [2.24, 2.45) is 0 Å². The summed E-state index contributed by atoms with van der Waals surface area (Å²) in [6.07, 6.45) is -0.603. The SMILES string of the molecule is CCCNC(=O)N1C[C@@H]2Oc3cc(-c4cccc(OC)c4)ccc3S(=O)(=O)NC[C@H](O)CN(C)[C@@H]2C1. The van der Waals surface area contributed by atoms with Gasteiger partial charge in [-0.15, -0.1) is 0 Å². The quantitative estimate of drug-likeness (QED) is 0.561. The number of aliphatic hydroxyl groups is 1. The summed E-state index contributed by atoms with van der Waals surface area (Å²) in [4.78, 5) is 16.3. The van der Waals surface area contributed by atoms with Crippen molar-refractivity contribution >= 4 is 16.1 Å². The smallest absolute Gasteiger partial charge is 0.317 e. The van der Waals surface area contributed by atoms with Gasteiger partial charge in [0, 0.05) is 26.2 Å². The molecule has 0 spiro atoms. The molecule has 10 nitrogen and oxygen atoms in total. The summed E-state index contributed by atoms with van der Waals surface area (Å²) >= 11 is 0. The Bertz CT molecular complexity index is 1190. The van der Waals surface area contributed by atoms with Crippen LogP contribution in [0.5, 0.6) is 11.5 Å². The van der Waals surface area contributed by atoms with Crippen LogP contribution in [0.2, 0.25) is 0 Å². The first-order chi connectivity index (χ1) is 17.2. The van der Waals surface area contributed by atoms with Crippen LogP contribution in [-0.4, -0.2) is 94.5 Å². The van der Waals surface area contributed by atoms with Crippen LogP contribution < -0.4 is 19.5 Å². The van der Waals surface area contributed by atoms with Gasteiger partial charge in [-0.3, -0.25) is 4.90 Å². The Labute approximate surface area is 212 Å². The number of methoxy groups -OCH3 is 1. The van der Waals surface area contributed by atoms with Crippen LogP contribution in [0.3, 0.4) is 0 Å². The molecule has 0 saturated carbocycles. The van der Waals surface area contributed by atoms with E-state index in [0.29, 0.717) is 18.8 Å². The standard InChI is InChI=1S/C25H34N4O6S/c1-4-10-26-25(31)29-15-21-23(16-29)35-22-12-18(17-6-5-7-20(11-17)34-3)8-9-24(22)36(32,33)27-13-19(30)14-28(21)2/h5-9,11-12,19,21,23,27,30H,4,10,13-16H2,1-3H3,(H,26,31)/t19-,21+,23-/m0/s1. The summed E-state index contributed by atoms with van der Waals surface area (Å²) in [5.74, 6) is 0.873. The molecule has 1 fully saturated rings. The second-order valence-corrected chi connectivity index (χ2v) is 10.9. The van der Waals surface area contributed by atoms with Crippen molar-refractivity contribution in [1.82, 2.24) is 19.8 Å². The van der Waals surface area contributed by atoms with Gasteiger partial charge in [0.05, 0.1) is 25.8 Å². The summed E-state index contributed by atoms with van der Waals surface area (Å²) in [7, 11) is -0.529.